The summed E-state index contributed by atoms with van der Waals surface area (Å²) < 4.78 is 0. The number of rotatable bonds is 13. The largest absolute Gasteiger partial charge is 0.508 e. The fourth-order valence-electron chi connectivity index (χ4n) is 3.31. The van der Waals surface area contributed by atoms with E-state index < -0.39 is 48.4 Å². The van der Waals surface area contributed by atoms with Gasteiger partial charge in [-0.1, -0.05) is 26.0 Å². The molecule has 1 aromatic carbocycles. The Kier molecular flexibility index (Phi) is 10.2. The number of nitrogens with zero attached hydrogens (tertiary/aromatic N) is 1. The number of carbonyl (C=O) groups excluding carboxylic acids is 3. The first-order valence-electron chi connectivity index (χ1n) is 11.2. The van der Waals surface area contributed by atoms with E-state index in [1.807, 2.05) is 13.8 Å². The van der Waals surface area contributed by atoms with Crippen LogP contribution >= 0.6 is 0 Å². The second-order valence-corrected chi connectivity index (χ2v) is 8.62. The summed E-state index contributed by atoms with van der Waals surface area (Å²) in [4.78, 5) is 55.6. The van der Waals surface area contributed by atoms with Gasteiger partial charge in [0.05, 0.1) is 18.9 Å². The maximum absolute atomic E-state index is 12.7. The molecule has 0 aliphatic heterocycles. The van der Waals surface area contributed by atoms with E-state index in [2.05, 4.69) is 25.9 Å². The molecule has 2 aromatic rings. The third-order valence-electron chi connectivity index (χ3n) is 5.10. The molecule has 0 fully saturated rings. The Morgan fingerprint density at radius 2 is 1.71 bits per heavy atom. The van der Waals surface area contributed by atoms with Gasteiger partial charge in [0.25, 0.3) is 0 Å². The van der Waals surface area contributed by atoms with Crippen LogP contribution in [-0.2, 0) is 32.0 Å². The fourth-order valence-corrected chi connectivity index (χ4v) is 3.31. The minimum Gasteiger partial charge on any atom is -0.508 e. The zero-order valence-corrected chi connectivity index (χ0v) is 19.7. The van der Waals surface area contributed by atoms with Crippen LogP contribution in [-0.4, -0.2) is 68.5 Å². The second-order valence-electron chi connectivity index (χ2n) is 8.62. The summed E-state index contributed by atoms with van der Waals surface area (Å²) in [5.74, 6) is -2.89. The number of amides is 3. The van der Waals surface area contributed by atoms with Gasteiger partial charge in [0.1, 0.15) is 17.8 Å². The molecule has 0 aliphatic rings. The molecule has 1 heterocycles. The first-order valence-corrected chi connectivity index (χ1v) is 11.2. The van der Waals surface area contributed by atoms with Gasteiger partial charge in [-0.2, -0.15) is 0 Å². The zero-order chi connectivity index (χ0) is 26.0. The number of phenols is 1. The van der Waals surface area contributed by atoms with Crippen molar-refractivity contribution in [2.75, 3.05) is 6.54 Å². The minimum atomic E-state index is -1.23. The van der Waals surface area contributed by atoms with E-state index in [0.717, 1.165) is 5.56 Å². The molecule has 0 aliphatic carbocycles. The van der Waals surface area contributed by atoms with Gasteiger partial charge in [-0.15, -0.1) is 0 Å². The number of aromatic hydroxyl groups is 1. The van der Waals surface area contributed by atoms with Crippen LogP contribution in [0.15, 0.2) is 36.8 Å². The van der Waals surface area contributed by atoms with Gasteiger partial charge < -0.3 is 36.9 Å². The molecule has 2 rings (SSSR count). The molecule has 0 saturated carbocycles. The van der Waals surface area contributed by atoms with Crippen LogP contribution in [0.2, 0.25) is 0 Å². The maximum Gasteiger partial charge on any atom is 0.326 e. The van der Waals surface area contributed by atoms with Crippen LogP contribution in [0.5, 0.6) is 5.75 Å². The maximum atomic E-state index is 12.7. The number of carboxylic acid groups (broad SMARTS) is 1. The highest BCUT2D eigenvalue weighted by Crippen LogP contribution is 2.11. The van der Waals surface area contributed by atoms with Crippen LogP contribution < -0.4 is 21.7 Å². The lowest BCUT2D eigenvalue weighted by atomic mass is 10.0. The fraction of sp³-hybridized carbons (Fsp3) is 0.435. The Hall–Kier alpha value is -3.93. The van der Waals surface area contributed by atoms with Crippen LogP contribution in [0.25, 0.3) is 0 Å². The molecule has 12 heteroatoms. The van der Waals surface area contributed by atoms with Crippen LogP contribution in [0, 0.1) is 5.92 Å². The van der Waals surface area contributed by atoms with E-state index >= 15 is 0 Å². The number of nitrogens with two attached hydrogens (primary N) is 1. The van der Waals surface area contributed by atoms with Gasteiger partial charge >= 0.3 is 5.97 Å². The van der Waals surface area contributed by atoms with E-state index in [4.69, 9.17) is 5.73 Å². The molecule has 0 bridgehead atoms. The van der Waals surface area contributed by atoms with E-state index in [0.29, 0.717) is 12.1 Å². The average molecular weight is 489 g/mol. The van der Waals surface area contributed by atoms with Gasteiger partial charge in [-0.05, 0) is 36.5 Å². The van der Waals surface area contributed by atoms with E-state index in [-0.39, 0.29) is 24.5 Å². The molecule has 3 atom stereocenters. The summed E-state index contributed by atoms with van der Waals surface area (Å²) >= 11 is 0. The van der Waals surface area contributed by atoms with Crippen molar-refractivity contribution >= 4 is 23.7 Å². The van der Waals surface area contributed by atoms with Crippen molar-refractivity contribution in [1.29, 1.82) is 0 Å². The third-order valence-corrected chi connectivity index (χ3v) is 5.10. The highest BCUT2D eigenvalue weighted by molar-refractivity contribution is 5.92. The van der Waals surface area contributed by atoms with E-state index in [1.54, 1.807) is 12.1 Å². The number of phenolic OH excluding ortho intramolecular Hbond substituents is 1. The van der Waals surface area contributed by atoms with Crippen molar-refractivity contribution < 1.29 is 29.4 Å². The van der Waals surface area contributed by atoms with Crippen LogP contribution in [0.1, 0.15) is 31.5 Å². The number of aliphatic carboxylic acids is 1. The Morgan fingerprint density at radius 1 is 1.03 bits per heavy atom. The molecule has 190 valence electrons. The van der Waals surface area contributed by atoms with Crippen molar-refractivity contribution in [2.24, 2.45) is 11.7 Å². The number of aromatic nitrogens is 2. The number of hydrogen-bond acceptors (Lipinski definition) is 7. The van der Waals surface area contributed by atoms with Crippen molar-refractivity contribution in [3.8, 4) is 5.75 Å². The average Bonchev–Trinajstić information content (AvgIpc) is 3.30. The molecule has 0 spiro atoms. The summed E-state index contributed by atoms with van der Waals surface area (Å²) in [5, 5.41) is 26.1. The topological polar surface area (TPSA) is 200 Å². The Balaban J connectivity index is 1.90. The molecule has 3 amide bonds. The SMILES string of the molecule is CC(C)CC(NC(=O)C(N)Cc1ccc(O)cc1)C(=O)NCC(=O)NC(Cc1cnc[nH]1)C(=O)O. The van der Waals surface area contributed by atoms with Crippen molar-refractivity contribution in [3.05, 3.63) is 48.0 Å². The first-order chi connectivity index (χ1) is 16.5. The molecule has 3 unspecified atom stereocenters. The van der Waals surface area contributed by atoms with Crippen LogP contribution in [0.3, 0.4) is 0 Å². The molecule has 0 radical (unpaired) electrons. The number of aromatic amines is 1. The monoisotopic (exact) mass is 488 g/mol. The van der Waals surface area contributed by atoms with E-state index in [9.17, 15) is 29.4 Å². The number of carbonyl (C=O) groups is 4. The highest BCUT2D eigenvalue weighted by atomic mass is 16.4. The molecule has 8 N–H and O–H groups in total. The Bertz CT molecular complexity index is 992. The van der Waals surface area contributed by atoms with Crippen molar-refractivity contribution in [1.82, 2.24) is 25.9 Å². The normalized spacial score (nSPS) is 13.5. The number of carboxylic acids is 1. The standard InChI is InChI=1S/C23H32N6O6/c1-13(2)7-18(29-21(32)17(24)8-14-3-5-16(30)6-4-14)22(33)26-11-20(31)28-19(23(34)35)9-15-10-25-12-27-15/h3-6,10,12-13,17-19,30H,7-9,11,24H2,1-2H3,(H,25,27)(H,26,33)(H,28,31)(H,29,32)(H,34,35). The third kappa shape index (κ3) is 9.45. The highest BCUT2D eigenvalue weighted by Gasteiger charge is 2.26. The lowest BCUT2D eigenvalue weighted by molar-refractivity contribution is -0.141. The smallest absolute Gasteiger partial charge is 0.326 e. The lowest BCUT2D eigenvalue weighted by Crippen LogP contribution is -2.54. The molecule has 1 aromatic heterocycles. The molecule has 0 saturated heterocycles. The number of benzene rings is 1. The van der Waals surface area contributed by atoms with E-state index in [1.165, 1.54) is 24.7 Å². The number of hydrogen-bond donors (Lipinski definition) is 7. The predicted octanol–water partition coefficient (Wildman–Crippen LogP) is -0.556. The summed E-state index contributed by atoms with van der Waals surface area (Å²) in [6.45, 7) is 3.29. The molecular weight excluding hydrogens is 456 g/mol. The summed E-state index contributed by atoms with van der Waals surface area (Å²) in [5.41, 5.74) is 7.27. The summed E-state index contributed by atoms with van der Waals surface area (Å²) in [6.07, 6.45) is 3.37. The van der Waals surface area contributed by atoms with Gasteiger partial charge in [0, 0.05) is 18.3 Å². The first kappa shape index (κ1) is 27.3. The summed E-state index contributed by atoms with van der Waals surface area (Å²) in [7, 11) is 0. The van der Waals surface area contributed by atoms with Gasteiger partial charge in [0.15, 0.2) is 0 Å². The summed E-state index contributed by atoms with van der Waals surface area (Å²) in [6, 6.07) is 3.22. The Labute approximate surface area is 202 Å². The second kappa shape index (κ2) is 13.1. The molecule has 12 nitrogen and oxygen atoms in total. The number of imidazole rings is 1. The van der Waals surface area contributed by atoms with Crippen molar-refractivity contribution in [2.45, 2.75) is 51.2 Å². The number of H-pyrrole nitrogens is 1. The van der Waals surface area contributed by atoms with Gasteiger partial charge in [-0.3, -0.25) is 14.4 Å². The van der Waals surface area contributed by atoms with Crippen molar-refractivity contribution in [3.63, 3.8) is 0 Å². The lowest BCUT2D eigenvalue weighted by Gasteiger charge is -2.22. The molecular formula is C23H32N6O6. The van der Waals surface area contributed by atoms with Gasteiger partial charge in [0.2, 0.25) is 17.7 Å². The molecule has 35 heavy (non-hydrogen) atoms. The number of nitrogens with one attached hydrogen (secondary N) is 4. The predicted molar refractivity (Wildman–Crippen MR) is 126 cm³/mol. The Morgan fingerprint density at radius 3 is 2.29 bits per heavy atom. The van der Waals surface area contributed by atoms with Crippen LogP contribution in [0.4, 0.5) is 0 Å². The quantitative estimate of drug-likeness (QED) is 0.194. The zero-order valence-electron chi connectivity index (χ0n) is 19.7. The minimum absolute atomic E-state index is 0.0000285. The van der Waals surface area contributed by atoms with Gasteiger partial charge in [-0.25, -0.2) is 9.78 Å².